The molecule has 0 amide bonds. The normalized spacial score (nSPS) is 11.8. The van der Waals surface area contributed by atoms with E-state index in [0.717, 1.165) is 11.8 Å². The van der Waals surface area contributed by atoms with Crippen molar-refractivity contribution < 1.29 is 13.2 Å². The minimum atomic E-state index is -4.65. The second kappa shape index (κ2) is 4.04. The Morgan fingerprint density at radius 1 is 1.33 bits per heavy atom. The molecule has 2 nitrogen and oxygen atoms in total. The third-order valence-corrected chi connectivity index (χ3v) is 0.880. The maximum Gasteiger partial charge on any atom is 0.450 e. The predicted molar refractivity (Wildman–Crippen MR) is 41.7 cm³/mol. The van der Waals surface area contributed by atoms with E-state index in [0.29, 0.717) is 0 Å². The van der Waals surface area contributed by atoms with Crippen LogP contribution in [-0.2, 0) is 0 Å². The second-order valence-electron chi connectivity index (χ2n) is 2.37. The van der Waals surface area contributed by atoms with E-state index in [1.165, 1.54) is 6.08 Å². The van der Waals surface area contributed by atoms with Crippen LogP contribution >= 0.6 is 0 Å². The number of amidine groups is 1. The summed E-state index contributed by atoms with van der Waals surface area (Å²) in [6.07, 6.45) is -2.28. The fourth-order valence-corrected chi connectivity index (χ4v) is 0.334. The molecule has 0 saturated carbocycles. The van der Waals surface area contributed by atoms with E-state index in [9.17, 15) is 13.2 Å². The van der Waals surface area contributed by atoms with Crippen LogP contribution in [0.5, 0.6) is 0 Å². The SMILES string of the molecule is CC(C)=CC=NC(=N)C(F)(F)F. The molecule has 5 heteroatoms. The van der Waals surface area contributed by atoms with Crippen LogP contribution in [0.2, 0.25) is 0 Å². The molecule has 68 valence electrons. The number of aliphatic imine (C=N–C) groups is 1. The molecule has 0 aliphatic rings. The van der Waals surface area contributed by atoms with Crippen LogP contribution in [0.25, 0.3) is 0 Å². The van der Waals surface area contributed by atoms with Crippen LogP contribution in [0.1, 0.15) is 13.8 Å². The van der Waals surface area contributed by atoms with Gasteiger partial charge in [0, 0.05) is 6.21 Å². The molecule has 0 aliphatic carbocycles. The van der Waals surface area contributed by atoms with Gasteiger partial charge in [-0.2, -0.15) is 13.2 Å². The van der Waals surface area contributed by atoms with Crippen LogP contribution in [0, 0.1) is 5.41 Å². The molecular weight excluding hydrogens is 169 g/mol. The minimum absolute atomic E-state index is 0.828. The van der Waals surface area contributed by atoms with Crippen molar-refractivity contribution in [3.8, 4) is 0 Å². The van der Waals surface area contributed by atoms with Gasteiger partial charge in [0.25, 0.3) is 0 Å². The van der Waals surface area contributed by atoms with E-state index >= 15 is 0 Å². The van der Waals surface area contributed by atoms with E-state index in [1.807, 2.05) is 0 Å². The summed E-state index contributed by atoms with van der Waals surface area (Å²) in [5, 5.41) is 6.43. The van der Waals surface area contributed by atoms with Crippen molar-refractivity contribution in [2.24, 2.45) is 4.99 Å². The van der Waals surface area contributed by atoms with Crippen LogP contribution in [0.15, 0.2) is 16.6 Å². The summed E-state index contributed by atoms with van der Waals surface area (Å²) in [7, 11) is 0. The lowest BCUT2D eigenvalue weighted by Gasteiger charge is -2.00. The predicted octanol–water partition coefficient (Wildman–Crippen LogP) is 2.56. The molecule has 1 N–H and O–H groups in total. The highest BCUT2D eigenvalue weighted by molar-refractivity contribution is 5.93. The Balaban J connectivity index is 4.20. The van der Waals surface area contributed by atoms with Gasteiger partial charge in [-0.15, -0.1) is 0 Å². The Morgan fingerprint density at radius 3 is 2.17 bits per heavy atom. The van der Waals surface area contributed by atoms with Gasteiger partial charge >= 0.3 is 6.18 Å². The van der Waals surface area contributed by atoms with Gasteiger partial charge in [-0.05, 0) is 19.9 Å². The molecule has 0 bridgehead atoms. The number of allylic oxidation sites excluding steroid dienone is 2. The quantitative estimate of drug-likeness (QED) is 0.473. The van der Waals surface area contributed by atoms with Gasteiger partial charge in [-0.1, -0.05) is 5.57 Å². The molecule has 0 fully saturated rings. The highest BCUT2D eigenvalue weighted by Gasteiger charge is 2.33. The first-order valence-corrected chi connectivity index (χ1v) is 3.17. The van der Waals surface area contributed by atoms with Gasteiger partial charge in [0.2, 0.25) is 5.84 Å². The van der Waals surface area contributed by atoms with Gasteiger partial charge in [0.15, 0.2) is 0 Å². The summed E-state index contributed by atoms with van der Waals surface area (Å²) in [5.74, 6) is -1.58. The van der Waals surface area contributed by atoms with Crippen molar-refractivity contribution >= 4 is 12.1 Å². The lowest BCUT2D eigenvalue weighted by atomic mass is 10.3. The summed E-state index contributed by atoms with van der Waals surface area (Å²) in [6, 6.07) is 0. The summed E-state index contributed by atoms with van der Waals surface area (Å²) in [5.41, 5.74) is 0.828. The van der Waals surface area contributed by atoms with Crippen molar-refractivity contribution in [3.05, 3.63) is 11.6 Å². The zero-order valence-corrected chi connectivity index (χ0v) is 6.74. The summed E-state index contributed by atoms with van der Waals surface area (Å²) in [6.45, 7) is 3.45. The number of nitrogens with zero attached hydrogens (tertiary/aromatic N) is 1. The molecule has 0 radical (unpaired) electrons. The van der Waals surface area contributed by atoms with Gasteiger partial charge in [-0.3, -0.25) is 5.41 Å². The van der Waals surface area contributed by atoms with Gasteiger partial charge in [0.05, 0.1) is 0 Å². The third kappa shape index (κ3) is 4.65. The molecule has 0 saturated heterocycles. The van der Waals surface area contributed by atoms with E-state index in [4.69, 9.17) is 5.41 Å². The number of halogens is 3. The minimum Gasteiger partial charge on any atom is -0.279 e. The maximum absolute atomic E-state index is 11.6. The van der Waals surface area contributed by atoms with Gasteiger partial charge in [-0.25, -0.2) is 4.99 Å². The maximum atomic E-state index is 11.6. The van der Waals surface area contributed by atoms with Crippen molar-refractivity contribution in [1.29, 1.82) is 5.41 Å². The van der Waals surface area contributed by atoms with Crippen LogP contribution in [0.3, 0.4) is 0 Å². The van der Waals surface area contributed by atoms with Crippen molar-refractivity contribution in [2.45, 2.75) is 20.0 Å². The molecule has 0 aromatic carbocycles. The highest BCUT2D eigenvalue weighted by atomic mass is 19.4. The monoisotopic (exact) mass is 178 g/mol. The zero-order valence-electron chi connectivity index (χ0n) is 6.74. The van der Waals surface area contributed by atoms with Crippen molar-refractivity contribution in [3.63, 3.8) is 0 Å². The summed E-state index contributed by atoms with van der Waals surface area (Å²) in [4.78, 5) is 2.89. The Bertz CT molecular complexity index is 221. The highest BCUT2D eigenvalue weighted by Crippen LogP contribution is 2.16. The van der Waals surface area contributed by atoms with E-state index in [2.05, 4.69) is 4.99 Å². The number of nitrogens with one attached hydrogen (secondary N) is 1. The molecule has 0 atom stereocenters. The lowest BCUT2D eigenvalue weighted by Crippen LogP contribution is -2.19. The van der Waals surface area contributed by atoms with Gasteiger partial charge < -0.3 is 0 Å². The number of hydrogen-bond donors (Lipinski definition) is 1. The van der Waals surface area contributed by atoms with Crippen LogP contribution < -0.4 is 0 Å². The van der Waals surface area contributed by atoms with Crippen LogP contribution in [0.4, 0.5) is 13.2 Å². The molecular formula is C7H9F3N2. The average Bonchev–Trinajstić information content (AvgIpc) is 1.84. The second-order valence-corrected chi connectivity index (χ2v) is 2.37. The molecule has 12 heavy (non-hydrogen) atoms. The lowest BCUT2D eigenvalue weighted by molar-refractivity contribution is -0.0604. The molecule has 0 aromatic rings. The van der Waals surface area contributed by atoms with E-state index in [1.54, 1.807) is 13.8 Å². The molecule has 0 unspecified atom stereocenters. The summed E-state index contributed by atoms with van der Waals surface area (Å²) >= 11 is 0. The van der Waals surface area contributed by atoms with E-state index in [-0.39, 0.29) is 0 Å². The Labute approximate surface area is 68.3 Å². The Morgan fingerprint density at radius 2 is 1.83 bits per heavy atom. The van der Waals surface area contributed by atoms with E-state index < -0.39 is 12.0 Å². The molecule has 0 aliphatic heterocycles. The molecule has 0 aromatic heterocycles. The largest absolute Gasteiger partial charge is 0.450 e. The average molecular weight is 178 g/mol. The topological polar surface area (TPSA) is 36.2 Å². The third-order valence-electron chi connectivity index (χ3n) is 0.880. The molecule has 0 heterocycles. The number of alkyl halides is 3. The first-order valence-electron chi connectivity index (χ1n) is 3.17. The van der Waals surface area contributed by atoms with Crippen LogP contribution in [-0.4, -0.2) is 18.2 Å². The Hall–Kier alpha value is -1.13. The fourth-order valence-electron chi connectivity index (χ4n) is 0.334. The van der Waals surface area contributed by atoms with Crippen molar-refractivity contribution in [1.82, 2.24) is 0 Å². The molecule has 0 spiro atoms. The number of hydrogen-bond acceptors (Lipinski definition) is 1. The summed E-state index contributed by atoms with van der Waals surface area (Å²) < 4.78 is 34.8. The smallest absolute Gasteiger partial charge is 0.279 e. The first-order chi connectivity index (χ1) is 5.34. The fraction of sp³-hybridized carbons (Fsp3) is 0.429. The first kappa shape index (κ1) is 10.9. The zero-order chi connectivity index (χ0) is 9.78. The Kier molecular flexibility index (Phi) is 3.66. The number of rotatable bonds is 1. The molecule has 0 rings (SSSR count). The van der Waals surface area contributed by atoms with Gasteiger partial charge in [0.1, 0.15) is 0 Å². The standard InChI is InChI=1S/C7H9F3N2/c1-5(2)3-4-12-6(11)7(8,9)10/h3-4,11H,1-2H3. The van der Waals surface area contributed by atoms with Crippen molar-refractivity contribution in [2.75, 3.05) is 0 Å².